The smallest absolute Gasteiger partial charge is 0.319 e. The Morgan fingerprint density at radius 1 is 1.14 bits per heavy atom. The van der Waals surface area contributed by atoms with E-state index in [-0.39, 0.29) is 18.4 Å². The molecular weight excluding hydrogens is 270 g/mol. The lowest BCUT2D eigenvalue weighted by Crippen LogP contribution is -2.50. The van der Waals surface area contributed by atoms with Crippen LogP contribution in [0.25, 0.3) is 0 Å². The number of hydrogen-bond acceptors (Lipinski definition) is 5. The van der Waals surface area contributed by atoms with Gasteiger partial charge in [-0.15, -0.1) is 0 Å². The highest BCUT2D eigenvalue weighted by atomic mass is 16.5. The van der Waals surface area contributed by atoms with Crippen molar-refractivity contribution < 1.29 is 14.3 Å². The number of rotatable bonds is 4. The molecule has 1 aliphatic heterocycles. The standard InChI is InChI=1S/C15H21N3O3/c1-21-14(19)11-17-6-8-18(9-7-17)15(20)13-4-2-12(10-16)3-5-13/h2-5H,6-11,16H2,1H3. The lowest BCUT2D eigenvalue weighted by atomic mass is 10.1. The lowest BCUT2D eigenvalue weighted by Gasteiger charge is -2.34. The minimum Gasteiger partial charge on any atom is -0.468 e. The van der Waals surface area contributed by atoms with Crippen molar-refractivity contribution in [1.29, 1.82) is 0 Å². The third-order valence-electron chi connectivity index (χ3n) is 3.68. The number of carbonyl (C=O) groups excluding carboxylic acids is 2. The predicted molar refractivity (Wildman–Crippen MR) is 78.7 cm³/mol. The Morgan fingerprint density at radius 2 is 1.76 bits per heavy atom. The van der Waals surface area contributed by atoms with Crippen LogP contribution in [-0.2, 0) is 16.1 Å². The van der Waals surface area contributed by atoms with E-state index in [1.54, 1.807) is 0 Å². The van der Waals surface area contributed by atoms with Crippen LogP contribution in [0.3, 0.4) is 0 Å². The van der Waals surface area contributed by atoms with Gasteiger partial charge in [0.05, 0.1) is 13.7 Å². The van der Waals surface area contributed by atoms with E-state index in [0.29, 0.717) is 38.3 Å². The van der Waals surface area contributed by atoms with Crippen molar-refractivity contribution >= 4 is 11.9 Å². The van der Waals surface area contributed by atoms with E-state index >= 15 is 0 Å². The highest BCUT2D eigenvalue weighted by Gasteiger charge is 2.23. The first-order valence-corrected chi connectivity index (χ1v) is 7.01. The van der Waals surface area contributed by atoms with Gasteiger partial charge in [0, 0.05) is 38.3 Å². The van der Waals surface area contributed by atoms with E-state index in [1.165, 1.54) is 7.11 Å². The summed E-state index contributed by atoms with van der Waals surface area (Å²) in [6.07, 6.45) is 0. The number of esters is 1. The van der Waals surface area contributed by atoms with Crippen molar-refractivity contribution in [2.24, 2.45) is 5.73 Å². The van der Waals surface area contributed by atoms with Gasteiger partial charge >= 0.3 is 5.97 Å². The van der Waals surface area contributed by atoms with Crippen molar-refractivity contribution in [3.8, 4) is 0 Å². The van der Waals surface area contributed by atoms with E-state index in [2.05, 4.69) is 4.74 Å². The zero-order chi connectivity index (χ0) is 15.2. The molecule has 0 bridgehead atoms. The number of piperazine rings is 1. The third-order valence-corrected chi connectivity index (χ3v) is 3.68. The van der Waals surface area contributed by atoms with E-state index < -0.39 is 0 Å². The summed E-state index contributed by atoms with van der Waals surface area (Å²) in [4.78, 5) is 27.4. The van der Waals surface area contributed by atoms with Crippen molar-refractivity contribution in [2.45, 2.75) is 6.54 Å². The fourth-order valence-corrected chi connectivity index (χ4v) is 2.32. The molecule has 0 aliphatic carbocycles. The Hall–Kier alpha value is -1.92. The number of carbonyl (C=O) groups is 2. The van der Waals surface area contributed by atoms with Gasteiger partial charge in [0.1, 0.15) is 0 Å². The first-order valence-electron chi connectivity index (χ1n) is 7.01. The van der Waals surface area contributed by atoms with Gasteiger partial charge in [-0.3, -0.25) is 14.5 Å². The van der Waals surface area contributed by atoms with Gasteiger partial charge < -0.3 is 15.4 Å². The topological polar surface area (TPSA) is 75.9 Å². The normalized spacial score (nSPS) is 15.8. The molecule has 1 saturated heterocycles. The van der Waals surface area contributed by atoms with Crippen molar-refractivity contribution in [3.05, 3.63) is 35.4 Å². The van der Waals surface area contributed by atoms with Gasteiger partial charge in [-0.1, -0.05) is 12.1 Å². The maximum Gasteiger partial charge on any atom is 0.319 e. The van der Waals surface area contributed by atoms with Crippen LogP contribution >= 0.6 is 0 Å². The summed E-state index contributed by atoms with van der Waals surface area (Å²) in [6.45, 7) is 3.36. The molecule has 0 radical (unpaired) electrons. The monoisotopic (exact) mass is 291 g/mol. The Balaban J connectivity index is 1.89. The first kappa shape index (κ1) is 15.5. The van der Waals surface area contributed by atoms with Crippen LogP contribution in [0.2, 0.25) is 0 Å². The Labute approximate surface area is 124 Å². The van der Waals surface area contributed by atoms with E-state index in [1.807, 2.05) is 34.1 Å². The highest BCUT2D eigenvalue weighted by molar-refractivity contribution is 5.94. The van der Waals surface area contributed by atoms with Gasteiger partial charge in [0.15, 0.2) is 0 Å². The molecule has 0 aromatic heterocycles. The molecule has 0 unspecified atom stereocenters. The Bertz CT molecular complexity index is 493. The molecule has 1 amide bonds. The molecule has 0 atom stereocenters. The maximum absolute atomic E-state index is 12.4. The molecule has 1 heterocycles. The van der Waals surface area contributed by atoms with Crippen LogP contribution in [0, 0.1) is 0 Å². The molecule has 1 aromatic carbocycles. The molecule has 2 N–H and O–H groups in total. The fraction of sp³-hybridized carbons (Fsp3) is 0.467. The highest BCUT2D eigenvalue weighted by Crippen LogP contribution is 2.10. The molecular formula is C15H21N3O3. The van der Waals surface area contributed by atoms with Crippen LogP contribution in [0.5, 0.6) is 0 Å². The summed E-state index contributed by atoms with van der Waals surface area (Å²) in [5.74, 6) is -0.219. The molecule has 6 nitrogen and oxygen atoms in total. The van der Waals surface area contributed by atoms with Crippen LogP contribution in [0.4, 0.5) is 0 Å². The van der Waals surface area contributed by atoms with E-state index in [0.717, 1.165) is 5.56 Å². The minimum atomic E-state index is -0.243. The zero-order valence-corrected chi connectivity index (χ0v) is 12.2. The quantitative estimate of drug-likeness (QED) is 0.795. The maximum atomic E-state index is 12.4. The molecule has 0 spiro atoms. The largest absolute Gasteiger partial charge is 0.468 e. The van der Waals surface area contributed by atoms with Crippen molar-refractivity contribution in [3.63, 3.8) is 0 Å². The number of benzene rings is 1. The average molecular weight is 291 g/mol. The van der Waals surface area contributed by atoms with Crippen molar-refractivity contribution in [1.82, 2.24) is 9.80 Å². The van der Waals surface area contributed by atoms with E-state index in [4.69, 9.17) is 5.73 Å². The molecule has 6 heteroatoms. The molecule has 21 heavy (non-hydrogen) atoms. The predicted octanol–water partition coefficient (Wildman–Crippen LogP) is 0.0761. The van der Waals surface area contributed by atoms with Crippen LogP contribution in [0.1, 0.15) is 15.9 Å². The summed E-state index contributed by atoms with van der Waals surface area (Å²) in [5.41, 5.74) is 7.23. The number of amides is 1. The second-order valence-corrected chi connectivity index (χ2v) is 5.05. The van der Waals surface area contributed by atoms with Gasteiger partial charge in [-0.05, 0) is 17.7 Å². The van der Waals surface area contributed by atoms with Gasteiger partial charge in [-0.2, -0.15) is 0 Å². The van der Waals surface area contributed by atoms with E-state index in [9.17, 15) is 9.59 Å². The minimum absolute atomic E-state index is 0.0243. The van der Waals surface area contributed by atoms with Crippen LogP contribution in [0.15, 0.2) is 24.3 Å². The van der Waals surface area contributed by atoms with Crippen LogP contribution in [-0.4, -0.2) is 61.5 Å². The number of methoxy groups -OCH3 is 1. The molecule has 1 aliphatic rings. The SMILES string of the molecule is COC(=O)CN1CCN(C(=O)c2ccc(CN)cc2)CC1. The summed E-state index contributed by atoms with van der Waals surface area (Å²) >= 11 is 0. The molecule has 1 aromatic rings. The average Bonchev–Trinajstić information content (AvgIpc) is 2.55. The summed E-state index contributed by atoms with van der Waals surface area (Å²) < 4.78 is 4.65. The summed E-state index contributed by atoms with van der Waals surface area (Å²) in [5, 5.41) is 0. The number of hydrogen-bond donors (Lipinski definition) is 1. The Morgan fingerprint density at radius 3 is 2.29 bits per heavy atom. The van der Waals surface area contributed by atoms with Gasteiger partial charge in [0.25, 0.3) is 5.91 Å². The molecule has 114 valence electrons. The second kappa shape index (κ2) is 7.19. The fourth-order valence-electron chi connectivity index (χ4n) is 2.32. The zero-order valence-electron chi connectivity index (χ0n) is 12.2. The van der Waals surface area contributed by atoms with Crippen LogP contribution < -0.4 is 5.73 Å². The Kier molecular flexibility index (Phi) is 5.30. The lowest BCUT2D eigenvalue weighted by molar-refractivity contribution is -0.142. The number of nitrogens with two attached hydrogens (primary N) is 1. The molecule has 2 rings (SSSR count). The third kappa shape index (κ3) is 4.03. The van der Waals surface area contributed by atoms with Gasteiger partial charge in [0.2, 0.25) is 0 Å². The number of ether oxygens (including phenoxy) is 1. The van der Waals surface area contributed by atoms with Gasteiger partial charge in [-0.25, -0.2) is 0 Å². The summed E-state index contributed by atoms with van der Waals surface area (Å²) in [6, 6.07) is 7.37. The number of nitrogens with zero attached hydrogens (tertiary/aromatic N) is 2. The second-order valence-electron chi connectivity index (χ2n) is 5.05. The van der Waals surface area contributed by atoms with Crippen molar-refractivity contribution in [2.75, 3.05) is 39.8 Å². The molecule has 1 fully saturated rings. The first-order chi connectivity index (χ1) is 10.1. The molecule has 0 saturated carbocycles. The summed E-state index contributed by atoms with van der Waals surface area (Å²) in [7, 11) is 1.38.